The van der Waals surface area contributed by atoms with Gasteiger partial charge in [0.2, 0.25) is 0 Å². The number of aryl methyl sites for hydroxylation is 1. The van der Waals surface area contributed by atoms with E-state index in [0.717, 1.165) is 17.4 Å². The van der Waals surface area contributed by atoms with Crippen molar-refractivity contribution in [2.45, 2.75) is 13.8 Å². The number of carbonyl (C=O) groups is 3. The standard InChI is InChI=1S/C23H21N3O7S/c1-12-5-6-14(11-17(12)26(30)31)20(27)25-22-18(23(29)33-4)13(2)19(34-22)21(28)24-15-7-9-16(32-3)10-8-15/h5-11H,1-4H3,(H,24,28)(H,25,27). The van der Waals surface area contributed by atoms with Crippen LogP contribution in [0.1, 0.15) is 41.5 Å². The lowest BCUT2D eigenvalue weighted by atomic mass is 10.1. The summed E-state index contributed by atoms with van der Waals surface area (Å²) in [6, 6.07) is 10.7. The number of nitrogens with one attached hydrogen (secondary N) is 2. The molecule has 0 aliphatic carbocycles. The quantitative estimate of drug-likeness (QED) is 0.285. The molecule has 0 aliphatic rings. The number of thiophene rings is 1. The van der Waals surface area contributed by atoms with Crippen LogP contribution in [0.5, 0.6) is 5.75 Å². The summed E-state index contributed by atoms with van der Waals surface area (Å²) in [7, 11) is 2.72. The first-order chi connectivity index (χ1) is 16.2. The van der Waals surface area contributed by atoms with Gasteiger partial charge in [0.15, 0.2) is 0 Å². The Bertz CT molecular complexity index is 1280. The van der Waals surface area contributed by atoms with Crippen LogP contribution in [0.15, 0.2) is 42.5 Å². The van der Waals surface area contributed by atoms with Crippen LogP contribution in [-0.4, -0.2) is 36.9 Å². The van der Waals surface area contributed by atoms with Crippen LogP contribution in [0, 0.1) is 24.0 Å². The average molecular weight is 484 g/mol. The first kappa shape index (κ1) is 24.4. The van der Waals surface area contributed by atoms with E-state index in [4.69, 9.17) is 9.47 Å². The number of ether oxygens (including phenoxy) is 2. The van der Waals surface area contributed by atoms with Crippen molar-refractivity contribution in [2.75, 3.05) is 24.9 Å². The second-order valence-electron chi connectivity index (χ2n) is 7.15. The maximum atomic E-state index is 12.9. The van der Waals surface area contributed by atoms with Gasteiger partial charge in [0.25, 0.3) is 17.5 Å². The van der Waals surface area contributed by atoms with Crippen molar-refractivity contribution in [2.24, 2.45) is 0 Å². The molecule has 0 atom stereocenters. The second kappa shape index (κ2) is 10.1. The highest BCUT2D eigenvalue weighted by Gasteiger charge is 2.27. The lowest BCUT2D eigenvalue weighted by molar-refractivity contribution is -0.385. The summed E-state index contributed by atoms with van der Waals surface area (Å²) in [6.07, 6.45) is 0. The molecule has 3 rings (SSSR count). The Labute approximate surface area is 198 Å². The SMILES string of the molecule is COC(=O)c1c(NC(=O)c2ccc(C)c([N+](=O)[O-])c2)sc(C(=O)Nc2ccc(OC)cc2)c1C. The molecule has 0 saturated carbocycles. The number of hydrogen-bond donors (Lipinski definition) is 2. The minimum atomic E-state index is -0.734. The monoisotopic (exact) mass is 483 g/mol. The van der Waals surface area contributed by atoms with Gasteiger partial charge in [-0.1, -0.05) is 6.07 Å². The molecule has 0 bridgehead atoms. The molecule has 0 fully saturated rings. The Kier molecular flexibility index (Phi) is 7.27. The smallest absolute Gasteiger partial charge is 0.341 e. The van der Waals surface area contributed by atoms with Gasteiger partial charge in [-0.25, -0.2) is 4.79 Å². The largest absolute Gasteiger partial charge is 0.497 e. The Morgan fingerprint density at radius 3 is 2.24 bits per heavy atom. The predicted octanol–water partition coefficient (Wildman–Crippen LogP) is 4.57. The number of nitro groups is 1. The zero-order chi connectivity index (χ0) is 25.0. The number of nitrogens with zero attached hydrogens (tertiary/aromatic N) is 1. The van der Waals surface area contributed by atoms with Crippen LogP contribution in [-0.2, 0) is 4.74 Å². The maximum absolute atomic E-state index is 12.9. The van der Waals surface area contributed by atoms with E-state index in [1.165, 1.54) is 26.4 Å². The minimum absolute atomic E-state index is 0.0299. The Morgan fingerprint density at radius 1 is 0.971 bits per heavy atom. The van der Waals surface area contributed by atoms with Crippen molar-refractivity contribution in [3.8, 4) is 5.75 Å². The van der Waals surface area contributed by atoms with Gasteiger partial charge >= 0.3 is 5.97 Å². The van der Waals surface area contributed by atoms with Crippen LogP contribution in [0.25, 0.3) is 0 Å². The predicted molar refractivity (Wildman–Crippen MR) is 127 cm³/mol. The number of amides is 2. The molecule has 11 heteroatoms. The Morgan fingerprint density at radius 2 is 1.65 bits per heavy atom. The maximum Gasteiger partial charge on any atom is 0.341 e. The summed E-state index contributed by atoms with van der Waals surface area (Å²) in [5.74, 6) is -1.26. The highest BCUT2D eigenvalue weighted by Crippen LogP contribution is 2.35. The van der Waals surface area contributed by atoms with Crippen LogP contribution in [0.4, 0.5) is 16.4 Å². The number of benzene rings is 2. The fourth-order valence-electron chi connectivity index (χ4n) is 3.15. The van der Waals surface area contributed by atoms with E-state index >= 15 is 0 Å². The molecule has 10 nitrogen and oxygen atoms in total. The van der Waals surface area contributed by atoms with E-state index in [-0.39, 0.29) is 26.7 Å². The van der Waals surface area contributed by atoms with Crippen molar-refractivity contribution in [3.63, 3.8) is 0 Å². The van der Waals surface area contributed by atoms with Gasteiger partial charge in [-0.05, 0) is 49.7 Å². The van der Waals surface area contributed by atoms with Crippen LogP contribution in [0.2, 0.25) is 0 Å². The number of esters is 1. The van der Waals surface area contributed by atoms with Crippen LogP contribution < -0.4 is 15.4 Å². The Hall–Kier alpha value is -4.25. The van der Waals surface area contributed by atoms with E-state index < -0.39 is 22.7 Å². The van der Waals surface area contributed by atoms with Gasteiger partial charge in [-0.3, -0.25) is 19.7 Å². The lowest BCUT2D eigenvalue weighted by Crippen LogP contribution is -2.15. The first-order valence-corrected chi connectivity index (χ1v) is 10.7. The normalized spacial score (nSPS) is 10.4. The third kappa shape index (κ3) is 5.04. The van der Waals surface area contributed by atoms with E-state index in [9.17, 15) is 24.5 Å². The summed E-state index contributed by atoms with van der Waals surface area (Å²) in [5.41, 5.74) is 1.10. The molecule has 2 amide bonds. The number of nitro benzene ring substituents is 1. The van der Waals surface area contributed by atoms with Gasteiger partial charge in [-0.2, -0.15) is 0 Å². The van der Waals surface area contributed by atoms with Crippen LogP contribution in [0.3, 0.4) is 0 Å². The third-order valence-electron chi connectivity index (χ3n) is 4.99. The van der Waals surface area contributed by atoms with Crippen molar-refractivity contribution in [3.05, 3.63) is 79.7 Å². The summed E-state index contributed by atoms with van der Waals surface area (Å²) in [4.78, 5) is 49.0. The Balaban J connectivity index is 1.93. The van der Waals surface area contributed by atoms with E-state index in [2.05, 4.69) is 10.6 Å². The van der Waals surface area contributed by atoms with Crippen molar-refractivity contribution in [1.82, 2.24) is 0 Å². The van der Waals surface area contributed by atoms with Gasteiger partial charge in [0.1, 0.15) is 10.8 Å². The van der Waals surface area contributed by atoms with Gasteiger partial charge < -0.3 is 20.1 Å². The van der Waals surface area contributed by atoms with Crippen LogP contribution >= 0.6 is 11.3 Å². The van der Waals surface area contributed by atoms with Crippen molar-refractivity contribution in [1.29, 1.82) is 0 Å². The third-order valence-corrected chi connectivity index (χ3v) is 6.19. The molecular weight excluding hydrogens is 462 g/mol. The molecule has 0 saturated heterocycles. The second-order valence-corrected chi connectivity index (χ2v) is 8.17. The van der Waals surface area contributed by atoms with Gasteiger partial charge in [-0.15, -0.1) is 11.3 Å². The number of anilines is 2. The number of hydrogen-bond acceptors (Lipinski definition) is 8. The molecule has 176 valence electrons. The highest BCUT2D eigenvalue weighted by atomic mass is 32.1. The minimum Gasteiger partial charge on any atom is -0.497 e. The summed E-state index contributed by atoms with van der Waals surface area (Å²) in [6.45, 7) is 3.13. The number of rotatable bonds is 7. The van der Waals surface area contributed by atoms with Crippen molar-refractivity contribution >= 4 is 45.5 Å². The fourth-order valence-corrected chi connectivity index (χ4v) is 4.24. The van der Waals surface area contributed by atoms with E-state index in [0.29, 0.717) is 22.6 Å². The molecule has 0 spiro atoms. The summed E-state index contributed by atoms with van der Waals surface area (Å²) < 4.78 is 9.93. The molecule has 34 heavy (non-hydrogen) atoms. The van der Waals surface area contributed by atoms with E-state index in [1.54, 1.807) is 38.1 Å². The van der Waals surface area contributed by atoms with E-state index in [1.807, 2.05) is 0 Å². The molecule has 1 heterocycles. The molecule has 2 aromatic carbocycles. The first-order valence-electron chi connectivity index (χ1n) is 9.89. The summed E-state index contributed by atoms with van der Waals surface area (Å²) >= 11 is 0.898. The molecule has 1 aromatic heterocycles. The van der Waals surface area contributed by atoms with Gasteiger partial charge in [0.05, 0.1) is 29.6 Å². The zero-order valence-corrected chi connectivity index (χ0v) is 19.6. The number of methoxy groups -OCH3 is 2. The molecule has 2 N–H and O–H groups in total. The molecule has 0 radical (unpaired) electrons. The molecular formula is C23H21N3O7S. The topological polar surface area (TPSA) is 137 Å². The van der Waals surface area contributed by atoms with Crippen molar-refractivity contribution < 1.29 is 28.8 Å². The molecule has 0 unspecified atom stereocenters. The lowest BCUT2D eigenvalue weighted by Gasteiger charge is -2.07. The van der Waals surface area contributed by atoms with Gasteiger partial charge in [0, 0.05) is 22.9 Å². The zero-order valence-electron chi connectivity index (χ0n) is 18.8. The summed E-state index contributed by atoms with van der Waals surface area (Å²) in [5, 5.41) is 16.6. The highest BCUT2D eigenvalue weighted by molar-refractivity contribution is 7.19. The fraction of sp³-hybridized carbons (Fsp3) is 0.174. The average Bonchev–Trinajstić information content (AvgIpc) is 3.14. The molecule has 3 aromatic rings. The number of carbonyl (C=O) groups excluding carboxylic acids is 3. The molecule has 0 aliphatic heterocycles.